The quantitative estimate of drug-likeness (QED) is 0.835. The molecule has 1 aliphatic rings. The van der Waals surface area contributed by atoms with Crippen LogP contribution in [0.15, 0.2) is 18.2 Å². The lowest BCUT2D eigenvalue weighted by Crippen LogP contribution is -2.41. The number of hydrogen-bond donors (Lipinski definition) is 1. The summed E-state index contributed by atoms with van der Waals surface area (Å²) in [5.74, 6) is -0.00194. The fourth-order valence-electron chi connectivity index (χ4n) is 2.84. The van der Waals surface area contributed by atoms with Crippen molar-refractivity contribution in [3.8, 4) is 5.75 Å². The van der Waals surface area contributed by atoms with Gasteiger partial charge in [-0.25, -0.2) is 4.39 Å². The van der Waals surface area contributed by atoms with Gasteiger partial charge in [-0.05, 0) is 37.0 Å². The number of halogens is 1. The average molecular weight is 251 g/mol. The lowest BCUT2D eigenvalue weighted by Gasteiger charge is -2.28. The predicted molar refractivity (Wildman–Crippen MR) is 71.3 cm³/mol. The fraction of sp³-hybridized carbons (Fsp3) is 0.600. The molecular weight excluding hydrogens is 229 g/mol. The minimum absolute atomic E-state index is 0.155. The Morgan fingerprint density at radius 3 is 2.44 bits per heavy atom. The molecular formula is C15H22FNO. The summed E-state index contributed by atoms with van der Waals surface area (Å²) in [5, 5.41) is 0. The van der Waals surface area contributed by atoms with Crippen LogP contribution in [-0.4, -0.2) is 12.6 Å². The SMILES string of the molecule is COc1ccc(CC2(N)CCCCCC2)cc1F. The Morgan fingerprint density at radius 1 is 1.22 bits per heavy atom. The first kappa shape index (κ1) is 13.3. The molecule has 3 heteroatoms. The van der Waals surface area contributed by atoms with E-state index in [1.54, 1.807) is 12.1 Å². The highest BCUT2D eigenvalue weighted by Gasteiger charge is 2.26. The highest BCUT2D eigenvalue weighted by molar-refractivity contribution is 5.30. The Kier molecular flexibility index (Phi) is 4.23. The molecule has 0 amide bonds. The molecule has 0 aliphatic heterocycles. The van der Waals surface area contributed by atoms with Gasteiger partial charge in [-0.15, -0.1) is 0 Å². The second-order valence-electron chi connectivity index (χ2n) is 5.42. The Hall–Kier alpha value is -1.09. The van der Waals surface area contributed by atoms with Gasteiger partial charge in [0.15, 0.2) is 11.6 Å². The van der Waals surface area contributed by atoms with Crippen LogP contribution in [0.2, 0.25) is 0 Å². The fourth-order valence-corrected chi connectivity index (χ4v) is 2.84. The highest BCUT2D eigenvalue weighted by Crippen LogP contribution is 2.29. The van der Waals surface area contributed by atoms with Crippen molar-refractivity contribution < 1.29 is 9.13 Å². The van der Waals surface area contributed by atoms with Crippen LogP contribution < -0.4 is 10.5 Å². The Balaban J connectivity index is 2.10. The summed E-state index contributed by atoms with van der Waals surface area (Å²) >= 11 is 0. The van der Waals surface area contributed by atoms with Gasteiger partial charge in [-0.2, -0.15) is 0 Å². The Bertz CT molecular complexity index is 397. The van der Waals surface area contributed by atoms with Crippen molar-refractivity contribution >= 4 is 0 Å². The molecule has 1 saturated carbocycles. The van der Waals surface area contributed by atoms with Gasteiger partial charge in [0.05, 0.1) is 7.11 Å². The van der Waals surface area contributed by atoms with Crippen molar-refractivity contribution in [2.24, 2.45) is 5.73 Å². The molecule has 0 bridgehead atoms. The second-order valence-corrected chi connectivity index (χ2v) is 5.42. The van der Waals surface area contributed by atoms with Crippen molar-refractivity contribution in [1.29, 1.82) is 0 Å². The maximum absolute atomic E-state index is 13.6. The van der Waals surface area contributed by atoms with Gasteiger partial charge in [0.1, 0.15) is 0 Å². The summed E-state index contributed by atoms with van der Waals surface area (Å²) in [7, 11) is 1.48. The zero-order valence-corrected chi connectivity index (χ0v) is 11.0. The molecule has 1 aromatic carbocycles. The van der Waals surface area contributed by atoms with Crippen molar-refractivity contribution in [1.82, 2.24) is 0 Å². The van der Waals surface area contributed by atoms with E-state index in [4.69, 9.17) is 10.5 Å². The van der Waals surface area contributed by atoms with Gasteiger partial charge in [-0.1, -0.05) is 31.7 Å². The summed E-state index contributed by atoms with van der Waals surface area (Å²) in [6, 6.07) is 5.16. The average Bonchev–Trinajstić information content (AvgIpc) is 2.54. The molecule has 1 fully saturated rings. The first-order valence-electron chi connectivity index (χ1n) is 6.74. The van der Waals surface area contributed by atoms with Crippen LogP contribution in [0.5, 0.6) is 5.75 Å². The molecule has 0 atom stereocenters. The maximum atomic E-state index is 13.6. The third-order valence-electron chi connectivity index (χ3n) is 3.87. The molecule has 2 nitrogen and oxygen atoms in total. The minimum Gasteiger partial charge on any atom is -0.494 e. The Labute approximate surface area is 108 Å². The van der Waals surface area contributed by atoms with Gasteiger partial charge in [0.25, 0.3) is 0 Å². The van der Waals surface area contributed by atoms with Crippen molar-refractivity contribution in [3.63, 3.8) is 0 Å². The van der Waals surface area contributed by atoms with E-state index in [1.807, 2.05) is 6.07 Å². The summed E-state index contributed by atoms with van der Waals surface area (Å²) in [5.41, 5.74) is 7.27. The number of methoxy groups -OCH3 is 1. The molecule has 100 valence electrons. The minimum atomic E-state index is -0.299. The standard InChI is InChI=1S/C15H22FNO/c1-18-14-7-6-12(10-13(14)16)11-15(17)8-4-2-3-5-9-15/h6-7,10H,2-5,8-9,11,17H2,1H3. The van der Waals surface area contributed by atoms with Crippen LogP contribution in [0.1, 0.15) is 44.1 Å². The molecule has 0 aromatic heterocycles. The van der Waals surface area contributed by atoms with Crippen molar-refractivity contribution in [2.75, 3.05) is 7.11 Å². The van der Waals surface area contributed by atoms with Gasteiger partial charge >= 0.3 is 0 Å². The summed E-state index contributed by atoms with van der Waals surface area (Å²) in [6.45, 7) is 0. The normalized spacial score (nSPS) is 19.3. The molecule has 2 rings (SSSR count). The smallest absolute Gasteiger partial charge is 0.165 e. The maximum Gasteiger partial charge on any atom is 0.165 e. The number of nitrogens with two attached hydrogens (primary N) is 1. The molecule has 1 aliphatic carbocycles. The van der Waals surface area contributed by atoms with E-state index < -0.39 is 0 Å². The zero-order chi connectivity index (χ0) is 13.0. The van der Waals surface area contributed by atoms with E-state index >= 15 is 0 Å². The first-order chi connectivity index (χ1) is 8.63. The van der Waals surface area contributed by atoms with Crippen LogP contribution in [0.4, 0.5) is 4.39 Å². The van der Waals surface area contributed by atoms with E-state index in [1.165, 1.54) is 32.8 Å². The van der Waals surface area contributed by atoms with Crippen LogP contribution in [0.3, 0.4) is 0 Å². The number of benzene rings is 1. The largest absolute Gasteiger partial charge is 0.494 e. The number of ether oxygens (including phenoxy) is 1. The lowest BCUT2D eigenvalue weighted by molar-refractivity contribution is 0.365. The molecule has 1 aromatic rings. The molecule has 0 radical (unpaired) electrons. The third kappa shape index (κ3) is 3.22. The van der Waals surface area contributed by atoms with Crippen LogP contribution in [0, 0.1) is 5.82 Å². The van der Waals surface area contributed by atoms with Crippen molar-refractivity contribution in [2.45, 2.75) is 50.5 Å². The van der Waals surface area contributed by atoms with E-state index in [-0.39, 0.29) is 11.4 Å². The van der Waals surface area contributed by atoms with Crippen LogP contribution in [-0.2, 0) is 6.42 Å². The van der Waals surface area contributed by atoms with Gasteiger partial charge in [-0.3, -0.25) is 0 Å². The topological polar surface area (TPSA) is 35.2 Å². The van der Waals surface area contributed by atoms with Gasteiger partial charge in [0.2, 0.25) is 0 Å². The number of hydrogen-bond acceptors (Lipinski definition) is 2. The van der Waals surface area contributed by atoms with E-state index in [9.17, 15) is 4.39 Å². The summed E-state index contributed by atoms with van der Waals surface area (Å²) < 4.78 is 18.6. The van der Waals surface area contributed by atoms with Gasteiger partial charge < -0.3 is 10.5 Å². The Morgan fingerprint density at radius 2 is 1.89 bits per heavy atom. The zero-order valence-electron chi connectivity index (χ0n) is 11.0. The molecule has 2 N–H and O–H groups in total. The van der Waals surface area contributed by atoms with E-state index in [2.05, 4.69) is 0 Å². The number of rotatable bonds is 3. The highest BCUT2D eigenvalue weighted by atomic mass is 19.1. The van der Waals surface area contributed by atoms with E-state index in [0.717, 1.165) is 24.8 Å². The molecule has 0 heterocycles. The summed E-state index contributed by atoms with van der Waals surface area (Å²) in [6.07, 6.45) is 7.77. The third-order valence-corrected chi connectivity index (χ3v) is 3.87. The van der Waals surface area contributed by atoms with E-state index in [0.29, 0.717) is 5.75 Å². The summed E-state index contributed by atoms with van der Waals surface area (Å²) in [4.78, 5) is 0. The van der Waals surface area contributed by atoms with Crippen molar-refractivity contribution in [3.05, 3.63) is 29.6 Å². The lowest BCUT2D eigenvalue weighted by atomic mass is 9.85. The first-order valence-corrected chi connectivity index (χ1v) is 6.74. The molecule has 0 spiro atoms. The monoisotopic (exact) mass is 251 g/mol. The van der Waals surface area contributed by atoms with Gasteiger partial charge in [0, 0.05) is 5.54 Å². The molecule has 18 heavy (non-hydrogen) atoms. The molecule has 0 unspecified atom stereocenters. The predicted octanol–water partition coefficient (Wildman–Crippen LogP) is 3.43. The van der Waals surface area contributed by atoms with Crippen LogP contribution >= 0.6 is 0 Å². The molecule has 0 saturated heterocycles. The van der Waals surface area contributed by atoms with Crippen LogP contribution in [0.25, 0.3) is 0 Å². The second kappa shape index (κ2) is 5.70.